The summed E-state index contributed by atoms with van der Waals surface area (Å²) in [6.45, 7) is 0. The number of hydrogen-bond acceptors (Lipinski definition) is 6. The second-order valence-corrected chi connectivity index (χ2v) is 5.28. The van der Waals surface area contributed by atoms with E-state index >= 15 is 0 Å². The fourth-order valence-electron chi connectivity index (χ4n) is 2.25. The normalized spacial score (nSPS) is 10.4. The molecule has 1 heterocycles. The van der Waals surface area contributed by atoms with Crippen LogP contribution in [0.25, 0.3) is 0 Å². The molecule has 1 aromatic heterocycles. The van der Waals surface area contributed by atoms with Crippen LogP contribution in [0.15, 0.2) is 48.7 Å². The van der Waals surface area contributed by atoms with Crippen LogP contribution < -0.4 is 10.6 Å². The minimum Gasteiger partial charge on any atom is -0.465 e. The van der Waals surface area contributed by atoms with E-state index in [4.69, 9.17) is 4.74 Å². The van der Waals surface area contributed by atoms with Crippen molar-refractivity contribution in [2.75, 3.05) is 17.7 Å². The molecular formula is C18H13F3N4O2. The van der Waals surface area contributed by atoms with Crippen LogP contribution >= 0.6 is 0 Å². The van der Waals surface area contributed by atoms with Crippen molar-refractivity contribution in [2.45, 2.75) is 0 Å². The van der Waals surface area contributed by atoms with Crippen molar-refractivity contribution in [3.8, 4) is 0 Å². The number of esters is 1. The number of nitrogens with zero attached hydrogens (tertiary/aromatic N) is 2. The van der Waals surface area contributed by atoms with Gasteiger partial charge in [0.05, 0.1) is 24.0 Å². The third kappa shape index (κ3) is 3.97. The van der Waals surface area contributed by atoms with Crippen molar-refractivity contribution in [2.24, 2.45) is 0 Å². The number of halogens is 3. The number of hydrogen-bond donors (Lipinski definition) is 2. The highest BCUT2D eigenvalue weighted by Crippen LogP contribution is 2.24. The summed E-state index contributed by atoms with van der Waals surface area (Å²) < 4.78 is 44.8. The van der Waals surface area contributed by atoms with Crippen LogP contribution in [0.2, 0.25) is 0 Å². The molecule has 3 rings (SSSR count). The molecule has 138 valence electrons. The number of ether oxygens (including phenoxy) is 1. The van der Waals surface area contributed by atoms with E-state index in [-0.39, 0.29) is 17.5 Å². The second kappa shape index (κ2) is 7.73. The monoisotopic (exact) mass is 374 g/mol. The maximum absolute atomic E-state index is 13.8. The van der Waals surface area contributed by atoms with Crippen LogP contribution in [0.4, 0.5) is 36.3 Å². The van der Waals surface area contributed by atoms with Crippen molar-refractivity contribution in [1.82, 2.24) is 9.97 Å². The summed E-state index contributed by atoms with van der Waals surface area (Å²) in [5.41, 5.74) is 0.411. The molecule has 0 bridgehead atoms. The van der Waals surface area contributed by atoms with E-state index < -0.39 is 23.4 Å². The average molecular weight is 374 g/mol. The maximum Gasteiger partial charge on any atom is 0.339 e. The first-order valence-electron chi connectivity index (χ1n) is 7.67. The molecule has 9 heteroatoms. The number of methoxy groups -OCH3 is 1. The summed E-state index contributed by atoms with van der Waals surface area (Å²) >= 11 is 0. The van der Waals surface area contributed by atoms with Gasteiger partial charge in [-0.25, -0.2) is 22.9 Å². The Hall–Kier alpha value is -3.62. The second-order valence-electron chi connectivity index (χ2n) is 5.28. The summed E-state index contributed by atoms with van der Waals surface area (Å²) in [6, 6.07) is 9.95. The molecule has 0 aliphatic rings. The molecule has 0 aliphatic heterocycles. The molecule has 2 aromatic carbocycles. The van der Waals surface area contributed by atoms with E-state index in [9.17, 15) is 18.0 Å². The largest absolute Gasteiger partial charge is 0.465 e. The lowest BCUT2D eigenvalue weighted by molar-refractivity contribution is 0.0602. The van der Waals surface area contributed by atoms with E-state index in [0.717, 1.165) is 12.1 Å². The molecule has 0 spiro atoms. The summed E-state index contributed by atoms with van der Waals surface area (Å²) in [4.78, 5) is 19.8. The molecule has 0 saturated carbocycles. The minimum atomic E-state index is -1.60. The van der Waals surface area contributed by atoms with Crippen molar-refractivity contribution in [3.63, 3.8) is 0 Å². The Balaban J connectivity index is 1.85. The van der Waals surface area contributed by atoms with Crippen molar-refractivity contribution in [1.29, 1.82) is 0 Å². The van der Waals surface area contributed by atoms with Gasteiger partial charge in [-0.05, 0) is 30.3 Å². The van der Waals surface area contributed by atoms with Crippen molar-refractivity contribution in [3.05, 3.63) is 71.7 Å². The van der Waals surface area contributed by atoms with Gasteiger partial charge >= 0.3 is 5.97 Å². The summed E-state index contributed by atoms with van der Waals surface area (Å²) in [5, 5.41) is 5.41. The van der Waals surface area contributed by atoms with Gasteiger partial charge in [-0.2, -0.15) is 4.98 Å². The number of benzene rings is 2. The fourth-order valence-corrected chi connectivity index (χ4v) is 2.25. The van der Waals surface area contributed by atoms with E-state index in [2.05, 4.69) is 20.6 Å². The van der Waals surface area contributed by atoms with Gasteiger partial charge < -0.3 is 15.4 Å². The molecule has 0 atom stereocenters. The predicted molar refractivity (Wildman–Crippen MR) is 92.7 cm³/mol. The van der Waals surface area contributed by atoms with Gasteiger partial charge in [0.2, 0.25) is 5.95 Å². The SMILES string of the molecule is COC(=O)c1ccccc1Nc1ccnc(Nc2ccc(F)c(F)c2F)n1. The van der Waals surface area contributed by atoms with Gasteiger partial charge in [-0.1, -0.05) is 12.1 Å². The van der Waals surface area contributed by atoms with Gasteiger partial charge in [0.15, 0.2) is 17.5 Å². The highest BCUT2D eigenvalue weighted by molar-refractivity contribution is 5.96. The Morgan fingerprint density at radius 2 is 1.74 bits per heavy atom. The Bertz CT molecular complexity index is 998. The minimum absolute atomic E-state index is 0.0551. The molecule has 0 unspecified atom stereocenters. The zero-order chi connectivity index (χ0) is 19.4. The van der Waals surface area contributed by atoms with Crippen LogP contribution in [0.3, 0.4) is 0 Å². The van der Waals surface area contributed by atoms with E-state index in [1.165, 1.54) is 19.4 Å². The number of rotatable bonds is 5. The lowest BCUT2D eigenvalue weighted by Crippen LogP contribution is -2.07. The first-order valence-corrected chi connectivity index (χ1v) is 7.67. The van der Waals surface area contributed by atoms with E-state index in [0.29, 0.717) is 11.3 Å². The Labute approximate surface area is 152 Å². The van der Waals surface area contributed by atoms with Gasteiger partial charge in [0.25, 0.3) is 0 Å². The Morgan fingerprint density at radius 3 is 2.52 bits per heavy atom. The van der Waals surface area contributed by atoms with Gasteiger partial charge in [-0.15, -0.1) is 0 Å². The number of carbonyl (C=O) groups is 1. The van der Waals surface area contributed by atoms with E-state index in [1.807, 2.05) is 0 Å². The standard InChI is InChI=1S/C18H13F3N4O2/c1-27-17(26)10-4-2-3-5-12(10)23-14-8-9-22-18(25-14)24-13-7-6-11(19)15(20)16(13)21/h2-9H,1H3,(H2,22,23,24,25). The van der Waals surface area contributed by atoms with Crippen LogP contribution in [0.5, 0.6) is 0 Å². The first kappa shape index (κ1) is 18.2. The number of carbonyl (C=O) groups excluding carboxylic acids is 1. The predicted octanol–water partition coefficient (Wildman–Crippen LogP) is 4.17. The topological polar surface area (TPSA) is 76.1 Å². The molecule has 0 saturated heterocycles. The van der Waals surface area contributed by atoms with Gasteiger partial charge in [0.1, 0.15) is 5.82 Å². The smallest absolute Gasteiger partial charge is 0.339 e. The fraction of sp³-hybridized carbons (Fsp3) is 0.0556. The van der Waals surface area contributed by atoms with Crippen molar-refractivity contribution >= 4 is 29.1 Å². The summed E-state index contributed by atoms with van der Waals surface area (Å²) in [7, 11) is 1.27. The lowest BCUT2D eigenvalue weighted by Gasteiger charge is -2.11. The quantitative estimate of drug-likeness (QED) is 0.516. The molecule has 0 aliphatic carbocycles. The van der Waals surface area contributed by atoms with Gasteiger partial charge in [0, 0.05) is 6.20 Å². The summed E-state index contributed by atoms with van der Waals surface area (Å²) in [5.74, 6) is -4.58. The van der Waals surface area contributed by atoms with Gasteiger partial charge in [-0.3, -0.25) is 0 Å². The van der Waals surface area contributed by atoms with Crippen molar-refractivity contribution < 1.29 is 22.7 Å². The number of para-hydroxylation sites is 1. The molecule has 27 heavy (non-hydrogen) atoms. The molecule has 0 fully saturated rings. The first-order chi connectivity index (χ1) is 13.0. The Kier molecular flexibility index (Phi) is 5.20. The van der Waals surface area contributed by atoms with Crippen LogP contribution in [-0.4, -0.2) is 23.0 Å². The third-order valence-electron chi connectivity index (χ3n) is 3.53. The van der Waals surface area contributed by atoms with E-state index in [1.54, 1.807) is 24.3 Å². The zero-order valence-corrected chi connectivity index (χ0v) is 14.0. The van der Waals surface area contributed by atoms with Crippen LogP contribution in [0, 0.1) is 17.5 Å². The zero-order valence-electron chi connectivity index (χ0n) is 14.0. The summed E-state index contributed by atoms with van der Waals surface area (Å²) in [6.07, 6.45) is 1.37. The highest BCUT2D eigenvalue weighted by atomic mass is 19.2. The molecule has 3 aromatic rings. The third-order valence-corrected chi connectivity index (χ3v) is 3.53. The molecule has 2 N–H and O–H groups in total. The van der Waals surface area contributed by atoms with Crippen LogP contribution in [-0.2, 0) is 4.74 Å². The van der Waals surface area contributed by atoms with Crippen LogP contribution in [0.1, 0.15) is 10.4 Å². The average Bonchev–Trinajstić information content (AvgIpc) is 2.68. The molecule has 0 amide bonds. The number of anilines is 4. The molecule has 0 radical (unpaired) electrons. The molecular weight excluding hydrogens is 361 g/mol. The maximum atomic E-state index is 13.8. The Morgan fingerprint density at radius 1 is 0.963 bits per heavy atom. The highest BCUT2D eigenvalue weighted by Gasteiger charge is 2.15. The number of nitrogens with one attached hydrogen (secondary N) is 2. The number of aromatic nitrogens is 2. The lowest BCUT2D eigenvalue weighted by atomic mass is 10.2. The molecule has 6 nitrogen and oxygen atoms in total.